The summed E-state index contributed by atoms with van der Waals surface area (Å²) in [6.07, 6.45) is 6.10. The van der Waals surface area contributed by atoms with Crippen molar-refractivity contribution in [1.29, 1.82) is 0 Å². The van der Waals surface area contributed by atoms with Gasteiger partial charge in [0, 0.05) is 0 Å². The summed E-state index contributed by atoms with van der Waals surface area (Å²) in [5.74, 6) is 1.14. The summed E-state index contributed by atoms with van der Waals surface area (Å²) in [6, 6.07) is 25.3. The molecular formula is C39H55LuN2OSi. The van der Waals surface area contributed by atoms with Gasteiger partial charge in [-0.3, -0.25) is 0 Å². The van der Waals surface area contributed by atoms with Crippen LogP contribution in [-0.2, 0) is 10.7 Å². The number of rotatable bonds is 12. The topological polar surface area (TPSA) is 15.7 Å². The molecule has 0 bridgehead atoms. The van der Waals surface area contributed by atoms with E-state index in [0.29, 0.717) is 0 Å². The molecule has 3 aromatic carbocycles. The molecule has 0 aromatic heterocycles. The van der Waals surface area contributed by atoms with Gasteiger partial charge in [0.05, 0.1) is 0 Å². The minimum atomic E-state index is -2.13. The van der Waals surface area contributed by atoms with Crippen molar-refractivity contribution in [2.45, 2.75) is 70.7 Å². The van der Waals surface area contributed by atoms with Crippen LogP contribution in [0.25, 0.3) is 0 Å². The van der Waals surface area contributed by atoms with Crippen molar-refractivity contribution in [2.24, 2.45) is 0 Å². The first-order valence-electron chi connectivity index (χ1n) is 15.9. The van der Waals surface area contributed by atoms with Crippen molar-refractivity contribution in [2.75, 3.05) is 45.1 Å². The standard InChI is InChI=1S/C21H31OSi.2C9H12N.Lu/c1-8-23(9-2,17-12-10-11-13-17)19-15-16(3)14-18(20(19)22-7)21(4,5)6;2*1-8-6-4-5-7-9(8)10(2)3;/h10-11,14-15H,8-9,12H2,1-7H3;2*4-7H,1H2,2-3H3;. The van der Waals surface area contributed by atoms with Crippen LogP contribution in [0.5, 0.6) is 5.75 Å². The van der Waals surface area contributed by atoms with Gasteiger partial charge < -0.3 is 0 Å². The molecule has 0 aliphatic heterocycles. The molecule has 246 valence electrons. The fraction of sp³-hybridized carbons (Fsp3) is 0.436. The molecule has 0 N–H and O–H groups in total. The summed E-state index contributed by atoms with van der Waals surface area (Å²) >= 11 is -1.16. The van der Waals surface area contributed by atoms with Crippen LogP contribution in [0.2, 0.25) is 12.1 Å². The van der Waals surface area contributed by atoms with Crippen LogP contribution < -0.4 is 19.7 Å². The van der Waals surface area contributed by atoms with Crippen LogP contribution in [0, 0.1) is 38.0 Å². The molecule has 0 fully saturated rings. The molecule has 44 heavy (non-hydrogen) atoms. The third-order valence-electron chi connectivity index (χ3n) is 8.92. The molecule has 5 heteroatoms. The van der Waals surface area contributed by atoms with Crippen molar-refractivity contribution in [3.8, 4) is 5.75 Å². The summed E-state index contributed by atoms with van der Waals surface area (Å²) in [4.78, 5) is 4.57. The molecule has 0 amide bonds. The first kappa shape index (κ1) is 34.9. The Morgan fingerprint density at radius 2 is 1.34 bits per heavy atom. The zero-order valence-electron chi connectivity index (χ0n) is 29.0. The molecule has 1 aliphatic carbocycles. The van der Waals surface area contributed by atoms with E-state index in [1.807, 2.05) is 7.11 Å². The number of benzene rings is 3. The fourth-order valence-electron chi connectivity index (χ4n) is 6.56. The maximum atomic E-state index is 6.39. The predicted octanol–water partition coefficient (Wildman–Crippen LogP) is 8.90. The van der Waals surface area contributed by atoms with Crippen molar-refractivity contribution < 1.29 is 35.9 Å². The Morgan fingerprint density at radius 1 is 0.818 bits per heavy atom. The third-order valence-corrected chi connectivity index (χ3v) is 19.4. The van der Waals surface area contributed by atoms with E-state index >= 15 is 0 Å². The van der Waals surface area contributed by atoms with Gasteiger partial charge >= 0.3 is 284 Å². The van der Waals surface area contributed by atoms with Crippen LogP contribution in [0.3, 0.4) is 0 Å². The Kier molecular flexibility index (Phi) is 11.6. The minimum absolute atomic E-state index is 0.0141. The molecule has 0 spiro atoms. The third kappa shape index (κ3) is 7.18. The van der Waals surface area contributed by atoms with Gasteiger partial charge in [-0.2, -0.15) is 0 Å². The molecule has 0 saturated heterocycles. The second-order valence-corrected chi connectivity index (χ2v) is 22.1. The number of aryl methyl sites for hydroxylation is 1. The summed E-state index contributed by atoms with van der Waals surface area (Å²) in [7, 11) is 8.47. The Morgan fingerprint density at radius 3 is 1.80 bits per heavy atom. The quantitative estimate of drug-likeness (QED) is 0.171. The number of anilines is 2. The zero-order valence-corrected chi connectivity index (χ0v) is 31.7. The fourth-order valence-corrected chi connectivity index (χ4v) is 17.8. The summed E-state index contributed by atoms with van der Waals surface area (Å²) in [5.41, 5.74) is 8.32. The first-order chi connectivity index (χ1) is 20.9. The van der Waals surface area contributed by atoms with Gasteiger partial charge in [-0.25, -0.2) is 0 Å². The van der Waals surface area contributed by atoms with Crippen LogP contribution in [0.15, 0.2) is 79.8 Å². The van der Waals surface area contributed by atoms with E-state index in [2.05, 4.69) is 152 Å². The average molecular weight is 771 g/mol. The van der Waals surface area contributed by atoms with Gasteiger partial charge in [-0.15, -0.1) is 0 Å². The SMILES string of the molecule is CC[Si](CC)(C1=[C]([Lu]([CH2]c2ccccc2N(C)C)[CH2]c2ccccc2N(C)C)C=CC1)c1cc(C)cc(C(C)(C)C)c1OC. The van der Waals surface area contributed by atoms with Crippen LogP contribution in [0.4, 0.5) is 11.4 Å². The molecule has 0 radical (unpaired) electrons. The van der Waals surface area contributed by atoms with E-state index in [9.17, 15) is 0 Å². The van der Waals surface area contributed by atoms with Gasteiger partial charge in [-0.05, 0) is 0 Å². The molecule has 0 heterocycles. The predicted molar refractivity (Wildman–Crippen MR) is 193 cm³/mol. The van der Waals surface area contributed by atoms with Gasteiger partial charge in [0.2, 0.25) is 0 Å². The van der Waals surface area contributed by atoms with E-state index in [0.717, 1.165) is 17.5 Å². The van der Waals surface area contributed by atoms with Gasteiger partial charge in [0.15, 0.2) is 0 Å². The number of hydrogen-bond donors (Lipinski definition) is 0. The summed E-state index contributed by atoms with van der Waals surface area (Å²) < 4.78 is 10.3. The maximum absolute atomic E-state index is 6.39. The molecule has 3 nitrogen and oxygen atoms in total. The molecular weight excluding hydrogens is 715 g/mol. The number of ether oxygens (including phenoxy) is 1. The Labute approximate surface area is 282 Å². The van der Waals surface area contributed by atoms with Crippen molar-refractivity contribution in [3.63, 3.8) is 0 Å². The van der Waals surface area contributed by atoms with E-state index in [-0.39, 0.29) is 5.41 Å². The van der Waals surface area contributed by atoms with Crippen molar-refractivity contribution >= 4 is 24.6 Å². The summed E-state index contributed by atoms with van der Waals surface area (Å²) in [6.45, 7) is 14.1. The number of hydrogen-bond acceptors (Lipinski definition) is 3. The summed E-state index contributed by atoms with van der Waals surface area (Å²) in [5, 5.41) is 3.27. The van der Waals surface area contributed by atoms with Gasteiger partial charge in [0.25, 0.3) is 0 Å². The first-order valence-corrected chi connectivity index (χ1v) is 21.4. The Balaban J connectivity index is 1.98. The zero-order chi connectivity index (χ0) is 32.2. The van der Waals surface area contributed by atoms with E-state index in [4.69, 9.17) is 4.74 Å². The normalized spacial score (nSPS) is 13.8. The molecule has 4 rings (SSSR count). The van der Waals surface area contributed by atoms with Crippen molar-refractivity contribution in [1.82, 2.24) is 0 Å². The van der Waals surface area contributed by atoms with Crippen LogP contribution in [0.1, 0.15) is 63.3 Å². The van der Waals surface area contributed by atoms with Gasteiger partial charge in [0.1, 0.15) is 0 Å². The second kappa shape index (κ2) is 14.6. The van der Waals surface area contributed by atoms with Gasteiger partial charge in [-0.1, -0.05) is 0 Å². The molecule has 1 aliphatic rings. The average Bonchev–Trinajstić information content (AvgIpc) is 3.48. The van der Waals surface area contributed by atoms with Crippen molar-refractivity contribution in [3.05, 3.63) is 102 Å². The van der Waals surface area contributed by atoms with E-state index < -0.39 is 39.2 Å². The molecule has 3 aromatic rings. The number of allylic oxidation sites excluding steroid dienone is 4. The van der Waals surface area contributed by atoms with E-state index in [1.54, 1.807) is 6.99 Å². The number of para-hydroxylation sites is 2. The number of methoxy groups -OCH3 is 1. The second-order valence-electron chi connectivity index (χ2n) is 13.3. The molecule has 0 saturated carbocycles. The monoisotopic (exact) mass is 770 g/mol. The van der Waals surface area contributed by atoms with E-state index in [1.165, 1.54) is 50.9 Å². The van der Waals surface area contributed by atoms with Crippen LogP contribution >= 0.6 is 0 Å². The molecule has 0 atom stereocenters. The Hall–Kier alpha value is -2.01. The number of nitrogens with zero attached hydrogens (tertiary/aromatic N) is 2. The van der Waals surface area contributed by atoms with Crippen LogP contribution in [-0.4, -0.2) is 43.4 Å². The molecule has 0 unspecified atom stereocenters. The Bertz CT molecular complexity index is 1460.